The molecule has 0 unspecified atom stereocenters. The molecule has 3 amide bonds. The van der Waals surface area contributed by atoms with E-state index in [2.05, 4.69) is 10.6 Å². The summed E-state index contributed by atoms with van der Waals surface area (Å²) in [6.45, 7) is 0. The maximum atomic E-state index is 12.9. The van der Waals surface area contributed by atoms with Gasteiger partial charge < -0.3 is 10.6 Å². The summed E-state index contributed by atoms with van der Waals surface area (Å²) in [4.78, 5) is 39.1. The number of carbonyl (C=O) groups excluding carboxylic acids is 3. The zero-order valence-corrected chi connectivity index (χ0v) is 19.6. The number of hydrogen-bond acceptors (Lipinski definition) is 4. The Morgan fingerprint density at radius 3 is 2.06 bits per heavy atom. The first-order valence-corrected chi connectivity index (χ1v) is 10.9. The Morgan fingerprint density at radius 2 is 1.39 bits per heavy atom. The lowest BCUT2D eigenvalue weighted by molar-refractivity contribution is -0.120. The van der Waals surface area contributed by atoms with Crippen molar-refractivity contribution in [2.75, 3.05) is 15.5 Å². The topological polar surface area (TPSA) is 78.5 Å². The van der Waals surface area contributed by atoms with Crippen LogP contribution in [0.25, 0.3) is 0 Å². The van der Waals surface area contributed by atoms with E-state index >= 15 is 0 Å². The van der Waals surface area contributed by atoms with Gasteiger partial charge in [-0.2, -0.15) is 0 Å². The summed E-state index contributed by atoms with van der Waals surface area (Å²) in [6, 6.07) is 17.2. The van der Waals surface area contributed by atoms with Crippen LogP contribution in [0.5, 0.6) is 0 Å². The van der Waals surface area contributed by atoms with Crippen molar-refractivity contribution in [2.24, 2.45) is 0 Å². The van der Waals surface area contributed by atoms with Gasteiger partial charge in [-0.1, -0.05) is 52.5 Å². The molecule has 0 radical (unpaired) electrons. The third-order valence-corrected chi connectivity index (χ3v) is 5.67. The van der Waals surface area contributed by atoms with Gasteiger partial charge in [-0.05, 0) is 60.7 Å². The Kier molecular flexibility index (Phi) is 6.63. The van der Waals surface area contributed by atoms with Crippen LogP contribution in [0.15, 0.2) is 77.5 Å². The van der Waals surface area contributed by atoms with Crippen LogP contribution in [-0.2, 0) is 9.59 Å². The summed E-state index contributed by atoms with van der Waals surface area (Å²) in [5.41, 5.74) is 1.34. The minimum absolute atomic E-state index is 0.101. The maximum Gasteiger partial charge on any atom is 0.283 e. The number of halogens is 4. The minimum Gasteiger partial charge on any atom is -0.350 e. The summed E-state index contributed by atoms with van der Waals surface area (Å²) in [7, 11) is 0. The fraction of sp³-hybridized carbons (Fsp3) is 0. The van der Waals surface area contributed by atoms with Crippen molar-refractivity contribution < 1.29 is 14.4 Å². The van der Waals surface area contributed by atoms with E-state index < -0.39 is 17.7 Å². The molecule has 0 saturated heterocycles. The predicted molar refractivity (Wildman–Crippen MR) is 131 cm³/mol. The first kappa shape index (κ1) is 23.1. The van der Waals surface area contributed by atoms with Gasteiger partial charge in [0.05, 0.1) is 5.69 Å². The highest BCUT2D eigenvalue weighted by atomic mass is 35.5. The summed E-state index contributed by atoms with van der Waals surface area (Å²) in [5, 5.41) is 6.51. The number of nitrogens with one attached hydrogen (secondary N) is 2. The fourth-order valence-corrected chi connectivity index (χ4v) is 4.01. The van der Waals surface area contributed by atoms with E-state index in [1.165, 1.54) is 18.2 Å². The van der Waals surface area contributed by atoms with Crippen molar-refractivity contribution in [2.45, 2.75) is 0 Å². The van der Waals surface area contributed by atoms with Crippen LogP contribution in [0, 0.1) is 0 Å². The van der Waals surface area contributed by atoms with E-state index in [0.717, 1.165) is 4.90 Å². The molecule has 0 fully saturated rings. The van der Waals surface area contributed by atoms with Crippen LogP contribution < -0.4 is 15.5 Å². The number of nitrogens with zero attached hydrogens (tertiary/aromatic N) is 1. The zero-order valence-electron chi connectivity index (χ0n) is 16.5. The Hall–Kier alpha value is -3.03. The van der Waals surface area contributed by atoms with E-state index in [1.54, 1.807) is 48.5 Å². The highest BCUT2D eigenvalue weighted by Gasteiger charge is 2.39. The van der Waals surface area contributed by atoms with Crippen molar-refractivity contribution in [3.05, 3.63) is 98.1 Å². The number of anilines is 3. The molecular formula is C23H13Cl4N3O3. The van der Waals surface area contributed by atoms with Crippen LogP contribution in [0.1, 0.15) is 10.4 Å². The number of rotatable bonds is 5. The lowest BCUT2D eigenvalue weighted by Crippen LogP contribution is -2.32. The molecule has 1 aliphatic rings. The number of imide groups is 1. The molecule has 0 bridgehead atoms. The van der Waals surface area contributed by atoms with E-state index in [9.17, 15) is 14.4 Å². The molecule has 33 heavy (non-hydrogen) atoms. The first-order chi connectivity index (χ1) is 15.7. The standard InChI is InChI=1S/C23H13Cl4N3O3/c24-13-4-6-18(7-5-13)30-22(32)19(27)20(23(30)33)28-16-3-1-2-12(8-16)21(31)29-17-10-14(25)9-15(26)11-17/h1-11,28H,(H,29,31). The second kappa shape index (κ2) is 9.45. The monoisotopic (exact) mass is 519 g/mol. The van der Waals surface area contributed by atoms with E-state index in [0.29, 0.717) is 37.7 Å². The lowest BCUT2D eigenvalue weighted by Gasteiger charge is -2.15. The van der Waals surface area contributed by atoms with Crippen molar-refractivity contribution in [1.82, 2.24) is 0 Å². The molecule has 0 saturated carbocycles. The smallest absolute Gasteiger partial charge is 0.283 e. The Balaban J connectivity index is 1.54. The second-order valence-electron chi connectivity index (χ2n) is 6.93. The van der Waals surface area contributed by atoms with E-state index in [4.69, 9.17) is 46.4 Å². The molecule has 6 nitrogen and oxygen atoms in total. The number of carbonyl (C=O) groups is 3. The molecule has 166 valence electrons. The van der Waals surface area contributed by atoms with Crippen molar-refractivity contribution in [3.8, 4) is 0 Å². The summed E-state index contributed by atoms with van der Waals surface area (Å²) >= 11 is 24.0. The van der Waals surface area contributed by atoms with Gasteiger partial charge in [0.1, 0.15) is 10.7 Å². The predicted octanol–water partition coefficient (Wildman–Crippen LogP) is 6.33. The van der Waals surface area contributed by atoms with E-state index in [1.807, 2.05) is 0 Å². The number of amides is 3. The van der Waals surface area contributed by atoms with Crippen LogP contribution >= 0.6 is 46.4 Å². The quantitative estimate of drug-likeness (QED) is 0.385. The molecule has 3 aromatic rings. The van der Waals surface area contributed by atoms with Gasteiger partial charge in [-0.3, -0.25) is 14.4 Å². The summed E-state index contributed by atoms with van der Waals surface area (Å²) in [6.07, 6.45) is 0. The molecule has 0 atom stereocenters. The van der Waals surface area contributed by atoms with Crippen molar-refractivity contribution in [1.29, 1.82) is 0 Å². The summed E-state index contributed by atoms with van der Waals surface area (Å²) < 4.78 is 0. The van der Waals surface area contributed by atoms with Gasteiger partial charge in [-0.15, -0.1) is 0 Å². The Labute approximate surface area is 208 Å². The lowest BCUT2D eigenvalue weighted by atomic mass is 10.1. The largest absolute Gasteiger partial charge is 0.350 e. The Morgan fingerprint density at radius 1 is 0.727 bits per heavy atom. The van der Waals surface area contributed by atoms with Gasteiger partial charge in [-0.25, -0.2) is 4.90 Å². The maximum absolute atomic E-state index is 12.9. The van der Waals surface area contributed by atoms with Crippen LogP contribution in [0.4, 0.5) is 17.1 Å². The van der Waals surface area contributed by atoms with Gasteiger partial charge in [0, 0.05) is 32.0 Å². The SMILES string of the molecule is O=C(Nc1cc(Cl)cc(Cl)c1)c1cccc(NC2=C(Cl)C(=O)N(c3ccc(Cl)cc3)C2=O)c1. The van der Waals surface area contributed by atoms with Gasteiger partial charge in [0.2, 0.25) is 0 Å². The molecular weight excluding hydrogens is 508 g/mol. The third kappa shape index (κ3) is 4.99. The molecule has 3 aromatic carbocycles. The van der Waals surface area contributed by atoms with E-state index in [-0.39, 0.29) is 10.7 Å². The van der Waals surface area contributed by atoms with Crippen molar-refractivity contribution in [3.63, 3.8) is 0 Å². The Bertz CT molecular complexity index is 1300. The molecule has 0 spiro atoms. The van der Waals surface area contributed by atoms with Crippen molar-refractivity contribution >= 4 is 81.2 Å². The fourth-order valence-electron chi connectivity index (χ4n) is 3.15. The molecule has 1 heterocycles. The molecule has 4 rings (SSSR count). The zero-order chi connectivity index (χ0) is 23.7. The van der Waals surface area contributed by atoms with Gasteiger partial charge in [0.25, 0.3) is 17.7 Å². The average molecular weight is 521 g/mol. The first-order valence-electron chi connectivity index (χ1n) is 9.41. The number of hydrogen-bond donors (Lipinski definition) is 2. The second-order valence-corrected chi connectivity index (χ2v) is 8.62. The molecule has 0 aliphatic carbocycles. The normalized spacial score (nSPS) is 13.5. The molecule has 1 aliphatic heterocycles. The molecule has 2 N–H and O–H groups in total. The highest BCUT2D eigenvalue weighted by Crippen LogP contribution is 2.31. The summed E-state index contributed by atoms with van der Waals surface area (Å²) in [5.74, 6) is -1.72. The minimum atomic E-state index is -0.668. The number of benzene rings is 3. The van der Waals surface area contributed by atoms with Crippen LogP contribution in [0.2, 0.25) is 15.1 Å². The van der Waals surface area contributed by atoms with Crippen LogP contribution in [0.3, 0.4) is 0 Å². The van der Waals surface area contributed by atoms with Gasteiger partial charge in [0.15, 0.2) is 0 Å². The molecule has 10 heteroatoms. The third-order valence-electron chi connectivity index (χ3n) is 4.63. The highest BCUT2D eigenvalue weighted by molar-refractivity contribution is 6.53. The molecule has 0 aromatic heterocycles. The van der Waals surface area contributed by atoms with Crippen LogP contribution in [-0.4, -0.2) is 17.7 Å². The average Bonchev–Trinajstić information content (AvgIpc) is 2.97. The van der Waals surface area contributed by atoms with Gasteiger partial charge >= 0.3 is 0 Å².